The third-order valence-electron chi connectivity index (χ3n) is 6.13. The van der Waals surface area contributed by atoms with E-state index in [4.69, 9.17) is 11.6 Å². The van der Waals surface area contributed by atoms with Gasteiger partial charge in [-0.25, -0.2) is 9.78 Å². The largest absolute Gasteiger partial charge is 0.453 e. The van der Waals surface area contributed by atoms with Gasteiger partial charge in [0.2, 0.25) is 11.8 Å². The number of tetrazole rings is 1. The zero-order chi connectivity index (χ0) is 28.8. The Hall–Kier alpha value is -5.30. The molecule has 0 fully saturated rings. The molecule has 1 aliphatic heterocycles. The maximum atomic E-state index is 13.0. The van der Waals surface area contributed by atoms with Crippen LogP contribution in [-0.4, -0.2) is 55.2 Å². The molecule has 0 saturated heterocycles. The predicted octanol–water partition coefficient (Wildman–Crippen LogP) is 4.04. The van der Waals surface area contributed by atoms with Crippen molar-refractivity contribution in [1.29, 1.82) is 0 Å². The fraction of sp³-hybridized carbons (Fsp3) is 0.148. The predicted molar refractivity (Wildman–Crippen MR) is 151 cm³/mol. The fourth-order valence-corrected chi connectivity index (χ4v) is 4.39. The highest BCUT2D eigenvalue weighted by Crippen LogP contribution is 2.31. The van der Waals surface area contributed by atoms with Crippen molar-refractivity contribution in [3.8, 4) is 16.9 Å². The van der Waals surface area contributed by atoms with Gasteiger partial charge < -0.3 is 20.4 Å². The summed E-state index contributed by atoms with van der Waals surface area (Å²) in [5.41, 5.74) is 3.44. The molecule has 4 N–H and O–H groups in total. The first kappa shape index (κ1) is 27.3. The monoisotopic (exact) mass is 573 g/mol. The van der Waals surface area contributed by atoms with E-state index in [1.54, 1.807) is 54.7 Å². The fourth-order valence-electron chi connectivity index (χ4n) is 4.21. The molecule has 14 heteroatoms. The summed E-state index contributed by atoms with van der Waals surface area (Å²) in [7, 11) is 1.26. The summed E-state index contributed by atoms with van der Waals surface area (Å²) in [6.07, 6.45) is 9.58. The number of carbonyl (C=O) groups excluding carboxylic acids is 3. The minimum Gasteiger partial charge on any atom is -0.453 e. The lowest BCUT2D eigenvalue weighted by Crippen LogP contribution is -2.27. The van der Waals surface area contributed by atoms with Gasteiger partial charge in [0.25, 0.3) is 0 Å². The van der Waals surface area contributed by atoms with Crippen molar-refractivity contribution in [3.63, 3.8) is 0 Å². The lowest BCUT2D eigenvalue weighted by atomic mass is 10.1. The number of allylic oxidation sites excluding steroid dienone is 1. The summed E-state index contributed by atoms with van der Waals surface area (Å²) in [6.45, 7) is 0. The minimum absolute atomic E-state index is 0.342. The van der Waals surface area contributed by atoms with Crippen LogP contribution in [0.2, 0.25) is 5.02 Å². The molecular formula is C27H24ClN9O4. The summed E-state index contributed by atoms with van der Waals surface area (Å²) in [4.78, 5) is 45.0. The minimum atomic E-state index is -0.636. The van der Waals surface area contributed by atoms with Gasteiger partial charge in [-0.05, 0) is 71.8 Å². The molecule has 0 unspecified atom stereocenters. The number of amides is 3. The molecule has 41 heavy (non-hydrogen) atoms. The van der Waals surface area contributed by atoms with Crippen LogP contribution in [0.1, 0.15) is 30.3 Å². The molecule has 0 spiro atoms. The molecule has 2 aromatic carbocycles. The second kappa shape index (κ2) is 12.3. The molecule has 0 saturated carbocycles. The molecule has 4 aromatic rings. The van der Waals surface area contributed by atoms with Gasteiger partial charge in [-0.15, -0.1) is 5.10 Å². The Morgan fingerprint density at radius 2 is 2.10 bits per heavy atom. The molecule has 1 atom stereocenters. The Morgan fingerprint density at radius 3 is 2.90 bits per heavy atom. The molecule has 13 nitrogen and oxygen atoms in total. The van der Waals surface area contributed by atoms with Gasteiger partial charge in [0.1, 0.15) is 12.2 Å². The van der Waals surface area contributed by atoms with Gasteiger partial charge in [0.05, 0.1) is 36.4 Å². The maximum absolute atomic E-state index is 13.0. The standard InChI is InChI=1S/C27H24ClN9O4/c1-41-27(40)31-18-8-9-19-21(13-18)33-24(38)5-3-2-4-20(26-29-14-22(19)34-26)32-25(39)11-6-16-12-17(28)7-10-23(16)37-15-30-35-36-37/h3,5-15,20H,2,4H2,1H3,(H,29,34)(H,31,40)(H,32,39)(H,33,38)/b5-3-,11-6+/t20-/m0/s1. The third-order valence-corrected chi connectivity index (χ3v) is 6.37. The number of aromatic amines is 1. The zero-order valence-electron chi connectivity index (χ0n) is 21.7. The highest BCUT2D eigenvalue weighted by Gasteiger charge is 2.19. The first-order chi connectivity index (χ1) is 19.9. The molecule has 1 aliphatic rings. The van der Waals surface area contributed by atoms with E-state index in [9.17, 15) is 14.4 Å². The normalized spacial score (nSPS) is 15.7. The third kappa shape index (κ3) is 6.65. The average molecular weight is 574 g/mol. The van der Waals surface area contributed by atoms with E-state index in [-0.39, 0.29) is 11.8 Å². The van der Waals surface area contributed by atoms with E-state index in [2.05, 4.69) is 46.2 Å². The number of methoxy groups -OCH3 is 1. The summed E-state index contributed by atoms with van der Waals surface area (Å²) < 4.78 is 6.12. The number of hydrogen-bond donors (Lipinski definition) is 4. The molecule has 0 aliphatic carbocycles. The summed E-state index contributed by atoms with van der Waals surface area (Å²) >= 11 is 6.18. The van der Waals surface area contributed by atoms with Crippen molar-refractivity contribution in [3.05, 3.63) is 83.6 Å². The van der Waals surface area contributed by atoms with Crippen LogP contribution in [0.15, 0.2) is 67.2 Å². The van der Waals surface area contributed by atoms with Crippen molar-refractivity contribution >= 4 is 47.0 Å². The Balaban J connectivity index is 1.39. The Labute approximate surface area is 238 Å². The zero-order valence-corrected chi connectivity index (χ0v) is 22.4. The average Bonchev–Trinajstić information content (AvgIpc) is 3.66. The summed E-state index contributed by atoms with van der Waals surface area (Å²) in [5, 5.41) is 20.1. The molecular weight excluding hydrogens is 550 g/mol. The number of rotatable bonds is 5. The second-order valence-corrected chi connectivity index (χ2v) is 9.32. The maximum Gasteiger partial charge on any atom is 0.411 e. The van der Waals surface area contributed by atoms with Crippen molar-refractivity contribution in [2.24, 2.45) is 0 Å². The van der Waals surface area contributed by atoms with Crippen molar-refractivity contribution in [2.45, 2.75) is 18.9 Å². The van der Waals surface area contributed by atoms with Crippen molar-refractivity contribution < 1.29 is 19.1 Å². The molecule has 0 radical (unpaired) electrons. The van der Waals surface area contributed by atoms with Gasteiger partial charge >= 0.3 is 6.09 Å². The Bertz CT molecular complexity index is 1650. The van der Waals surface area contributed by atoms with Gasteiger partial charge in [0.15, 0.2) is 0 Å². The van der Waals surface area contributed by atoms with Crippen LogP contribution < -0.4 is 16.0 Å². The second-order valence-electron chi connectivity index (χ2n) is 8.88. The first-order valence-corrected chi connectivity index (χ1v) is 12.8. The summed E-state index contributed by atoms with van der Waals surface area (Å²) in [5.74, 6) is -0.157. The van der Waals surface area contributed by atoms with E-state index in [0.717, 1.165) is 0 Å². The topological polar surface area (TPSA) is 169 Å². The molecule has 5 rings (SSSR count). The number of fused-ring (bicyclic) bond motifs is 4. The molecule has 208 valence electrons. The van der Waals surface area contributed by atoms with Crippen LogP contribution in [0.4, 0.5) is 16.2 Å². The van der Waals surface area contributed by atoms with Crippen LogP contribution in [0.25, 0.3) is 23.0 Å². The van der Waals surface area contributed by atoms with E-state index in [1.807, 2.05) is 0 Å². The van der Waals surface area contributed by atoms with Crippen LogP contribution >= 0.6 is 11.6 Å². The quantitative estimate of drug-likeness (QED) is 0.259. The Kier molecular flexibility index (Phi) is 8.15. The number of benzene rings is 2. The number of halogens is 1. The summed E-state index contributed by atoms with van der Waals surface area (Å²) in [6, 6.07) is 9.71. The molecule has 2 bridgehead atoms. The van der Waals surface area contributed by atoms with Crippen molar-refractivity contribution in [2.75, 3.05) is 17.7 Å². The van der Waals surface area contributed by atoms with E-state index < -0.39 is 12.1 Å². The van der Waals surface area contributed by atoms with Crippen LogP contribution in [0, 0.1) is 0 Å². The van der Waals surface area contributed by atoms with E-state index in [1.165, 1.54) is 30.3 Å². The van der Waals surface area contributed by atoms with Gasteiger partial charge in [0, 0.05) is 27.9 Å². The molecule has 3 heterocycles. The number of carbonyl (C=O) groups is 3. The van der Waals surface area contributed by atoms with E-state index in [0.29, 0.717) is 57.6 Å². The lowest BCUT2D eigenvalue weighted by Gasteiger charge is -2.16. The number of anilines is 2. The highest BCUT2D eigenvalue weighted by atomic mass is 35.5. The van der Waals surface area contributed by atoms with Gasteiger partial charge in [-0.1, -0.05) is 17.7 Å². The highest BCUT2D eigenvalue weighted by molar-refractivity contribution is 6.30. The van der Waals surface area contributed by atoms with Crippen LogP contribution in [0.5, 0.6) is 0 Å². The number of nitrogens with one attached hydrogen (secondary N) is 4. The SMILES string of the molecule is COC(=O)Nc1ccc2c(c1)NC(=O)/C=C\CC[C@H](NC(=O)/C=C/c1cc(Cl)ccc1-n1cnnn1)c1ncc-2[nH]1. The van der Waals surface area contributed by atoms with Crippen molar-refractivity contribution in [1.82, 2.24) is 35.5 Å². The van der Waals surface area contributed by atoms with Gasteiger partial charge in [-0.2, -0.15) is 4.68 Å². The Morgan fingerprint density at radius 1 is 1.22 bits per heavy atom. The lowest BCUT2D eigenvalue weighted by molar-refractivity contribution is -0.117. The number of hydrogen-bond acceptors (Lipinski definition) is 8. The number of imidazole rings is 1. The van der Waals surface area contributed by atoms with Gasteiger partial charge in [-0.3, -0.25) is 14.9 Å². The van der Waals surface area contributed by atoms with E-state index >= 15 is 0 Å². The number of aromatic nitrogens is 6. The van der Waals surface area contributed by atoms with Crippen LogP contribution in [0.3, 0.4) is 0 Å². The number of H-pyrrole nitrogens is 1. The molecule has 3 amide bonds. The first-order valence-electron chi connectivity index (χ1n) is 12.4. The number of nitrogens with zero attached hydrogens (tertiary/aromatic N) is 5. The smallest absolute Gasteiger partial charge is 0.411 e. The number of ether oxygens (including phenoxy) is 1. The molecule has 2 aromatic heterocycles. The van der Waals surface area contributed by atoms with Crippen LogP contribution in [-0.2, 0) is 14.3 Å².